The molecule has 4 nitrogen and oxygen atoms in total. The lowest BCUT2D eigenvalue weighted by Crippen LogP contribution is -2.34. The van der Waals surface area contributed by atoms with E-state index in [2.05, 4.69) is 0 Å². The molecule has 0 bridgehead atoms. The van der Waals surface area contributed by atoms with Crippen molar-refractivity contribution < 1.29 is 14.3 Å². The number of hydrogen-bond acceptors (Lipinski definition) is 4. The first-order chi connectivity index (χ1) is 15.0. The third-order valence-electron chi connectivity index (χ3n) is 5.62. The Morgan fingerprint density at radius 1 is 1.03 bits per heavy atom. The van der Waals surface area contributed by atoms with E-state index in [0.717, 1.165) is 35.7 Å². The minimum absolute atomic E-state index is 0.184. The summed E-state index contributed by atoms with van der Waals surface area (Å²) < 4.78 is 5.97. The molecule has 0 aromatic heterocycles. The van der Waals surface area contributed by atoms with Gasteiger partial charge < -0.3 is 4.74 Å². The Hall–Kier alpha value is -1.95. The number of nitrogens with zero attached hydrogens (tertiary/aromatic N) is 1. The van der Waals surface area contributed by atoms with Gasteiger partial charge in [-0.3, -0.25) is 14.5 Å². The van der Waals surface area contributed by atoms with E-state index in [1.807, 2.05) is 30.3 Å². The van der Waals surface area contributed by atoms with Crippen molar-refractivity contribution in [2.45, 2.75) is 38.7 Å². The number of carbonyl (C=O) groups excluding carboxylic acids is 2. The van der Waals surface area contributed by atoms with Gasteiger partial charge in [0, 0.05) is 12.1 Å². The lowest BCUT2D eigenvalue weighted by atomic mass is 9.89. The number of amides is 2. The van der Waals surface area contributed by atoms with Gasteiger partial charge in [0.05, 0.1) is 15.0 Å². The molecular formula is C24H23Cl2NO3S. The molecule has 2 aliphatic rings. The fourth-order valence-electron chi connectivity index (χ4n) is 3.95. The second kappa shape index (κ2) is 10.1. The van der Waals surface area contributed by atoms with Gasteiger partial charge >= 0.3 is 0 Å². The van der Waals surface area contributed by atoms with Crippen LogP contribution in [0.3, 0.4) is 0 Å². The number of rotatable bonds is 6. The highest BCUT2D eigenvalue weighted by molar-refractivity contribution is 8.18. The van der Waals surface area contributed by atoms with E-state index in [4.69, 9.17) is 27.9 Å². The number of ether oxygens (including phenoxy) is 1. The van der Waals surface area contributed by atoms with Crippen molar-refractivity contribution in [3.05, 3.63) is 68.5 Å². The maximum Gasteiger partial charge on any atom is 0.293 e. The average molecular weight is 476 g/mol. The second-order valence-electron chi connectivity index (χ2n) is 7.87. The molecule has 7 heteroatoms. The summed E-state index contributed by atoms with van der Waals surface area (Å²) in [5, 5.41) is 0.786. The fourth-order valence-corrected chi connectivity index (χ4v) is 5.11. The predicted molar refractivity (Wildman–Crippen MR) is 126 cm³/mol. The molecule has 0 spiro atoms. The molecule has 2 aromatic rings. The van der Waals surface area contributed by atoms with Gasteiger partial charge in [0.15, 0.2) is 0 Å². The van der Waals surface area contributed by atoms with Gasteiger partial charge in [0.25, 0.3) is 11.1 Å². The first kappa shape index (κ1) is 22.3. The maximum atomic E-state index is 12.9. The highest BCUT2D eigenvalue weighted by Gasteiger charge is 2.36. The number of hydrogen-bond donors (Lipinski definition) is 0. The van der Waals surface area contributed by atoms with Crippen LogP contribution < -0.4 is 4.74 Å². The summed E-state index contributed by atoms with van der Waals surface area (Å²) >= 11 is 13.1. The first-order valence-electron chi connectivity index (χ1n) is 10.4. The van der Waals surface area contributed by atoms with Crippen LogP contribution in [0.1, 0.15) is 43.2 Å². The van der Waals surface area contributed by atoms with E-state index in [1.165, 1.54) is 24.2 Å². The van der Waals surface area contributed by atoms with E-state index in [1.54, 1.807) is 18.2 Å². The molecule has 31 heavy (non-hydrogen) atoms. The van der Waals surface area contributed by atoms with Gasteiger partial charge in [-0.15, -0.1) is 0 Å². The zero-order chi connectivity index (χ0) is 21.8. The van der Waals surface area contributed by atoms with Crippen LogP contribution in [0, 0.1) is 5.92 Å². The molecule has 0 radical (unpaired) electrons. The smallest absolute Gasteiger partial charge is 0.293 e. The summed E-state index contributed by atoms with van der Waals surface area (Å²) in [6, 6.07) is 12.8. The number of carbonyl (C=O) groups is 2. The number of benzene rings is 2. The largest absolute Gasteiger partial charge is 0.488 e. The summed E-state index contributed by atoms with van der Waals surface area (Å²) in [6.07, 6.45) is 7.53. The lowest BCUT2D eigenvalue weighted by molar-refractivity contribution is -0.123. The highest BCUT2D eigenvalue weighted by atomic mass is 35.5. The molecule has 1 heterocycles. The molecule has 2 amide bonds. The summed E-state index contributed by atoms with van der Waals surface area (Å²) in [5.41, 5.74) is 1.64. The van der Waals surface area contributed by atoms with Crippen LogP contribution in [-0.4, -0.2) is 22.6 Å². The number of imide groups is 1. The van der Waals surface area contributed by atoms with Crippen molar-refractivity contribution in [2.24, 2.45) is 5.92 Å². The minimum Gasteiger partial charge on any atom is -0.488 e. The van der Waals surface area contributed by atoms with Crippen molar-refractivity contribution in [3.8, 4) is 5.75 Å². The maximum absolute atomic E-state index is 12.9. The van der Waals surface area contributed by atoms with Crippen LogP contribution in [-0.2, 0) is 11.4 Å². The van der Waals surface area contributed by atoms with Crippen molar-refractivity contribution in [1.82, 2.24) is 4.90 Å². The monoisotopic (exact) mass is 475 g/mol. The number of halogens is 2. The molecule has 1 aliphatic heterocycles. The molecule has 2 fully saturated rings. The zero-order valence-corrected chi connectivity index (χ0v) is 19.3. The Morgan fingerprint density at radius 2 is 1.81 bits per heavy atom. The third kappa shape index (κ3) is 5.46. The highest BCUT2D eigenvalue weighted by Crippen LogP contribution is 2.36. The molecule has 0 unspecified atom stereocenters. The standard InChI is InChI=1S/C24H23Cl2NO3S/c25-19-11-10-17(12-20(19)26)15-30-21-9-5-4-8-18(21)13-22-23(28)27(24(29)31-22)14-16-6-2-1-3-7-16/h4-5,8-13,16H,1-3,6-7,14-15H2/b22-13+. The normalized spacial score (nSPS) is 18.8. The van der Waals surface area contributed by atoms with Gasteiger partial charge in [-0.25, -0.2) is 0 Å². The molecule has 1 aliphatic carbocycles. The van der Waals surface area contributed by atoms with E-state index >= 15 is 0 Å². The molecule has 0 atom stereocenters. The van der Waals surface area contributed by atoms with Crippen LogP contribution in [0.2, 0.25) is 10.0 Å². The summed E-state index contributed by atoms with van der Waals surface area (Å²) in [7, 11) is 0. The molecule has 1 saturated heterocycles. The quantitative estimate of drug-likeness (QED) is 0.414. The van der Waals surface area contributed by atoms with Crippen molar-refractivity contribution >= 4 is 52.2 Å². The van der Waals surface area contributed by atoms with Gasteiger partial charge in [0.1, 0.15) is 12.4 Å². The Morgan fingerprint density at radius 3 is 2.58 bits per heavy atom. The SMILES string of the molecule is O=C1S/C(=C/c2ccccc2OCc2ccc(Cl)c(Cl)c2)C(=O)N1CC1CCCCC1. The van der Waals surface area contributed by atoms with Crippen LogP contribution in [0.15, 0.2) is 47.4 Å². The minimum atomic E-state index is -0.208. The fraction of sp³-hybridized carbons (Fsp3) is 0.333. The second-order valence-corrected chi connectivity index (χ2v) is 9.68. The van der Waals surface area contributed by atoms with Crippen molar-refractivity contribution in [3.63, 3.8) is 0 Å². The van der Waals surface area contributed by atoms with Gasteiger partial charge in [-0.1, -0.05) is 66.7 Å². The number of para-hydroxylation sites is 1. The van der Waals surface area contributed by atoms with Crippen LogP contribution in [0.5, 0.6) is 5.75 Å². The van der Waals surface area contributed by atoms with E-state index in [-0.39, 0.29) is 11.1 Å². The van der Waals surface area contributed by atoms with Gasteiger partial charge in [0.2, 0.25) is 0 Å². The Kier molecular flexibility index (Phi) is 7.26. The third-order valence-corrected chi connectivity index (χ3v) is 7.27. The zero-order valence-electron chi connectivity index (χ0n) is 17.0. The van der Waals surface area contributed by atoms with Crippen LogP contribution in [0.4, 0.5) is 4.79 Å². The van der Waals surface area contributed by atoms with E-state index in [0.29, 0.717) is 39.8 Å². The molecule has 4 rings (SSSR count). The van der Waals surface area contributed by atoms with Gasteiger partial charge in [-0.05, 0) is 60.4 Å². The lowest BCUT2D eigenvalue weighted by Gasteiger charge is -2.25. The Balaban J connectivity index is 1.47. The Labute approximate surface area is 196 Å². The van der Waals surface area contributed by atoms with Gasteiger partial charge in [-0.2, -0.15) is 0 Å². The van der Waals surface area contributed by atoms with Crippen LogP contribution >= 0.6 is 35.0 Å². The predicted octanol–water partition coefficient (Wildman–Crippen LogP) is 7.19. The average Bonchev–Trinajstić information content (AvgIpc) is 3.03. The van der Waals surface area contributed by atoms with Crippen molar-refractivity contribution in [1.29, 1.82) is 0 Å². The van der Waals surface area contributed by atoms with E-state index < -0.39 is 0 Å². The summed E-state index contributed by atoms with van der Waals surface area (Å²) in [5.74, 6) is 0.843. The Bertz CT molecular complexity index is 1020. The molecule has 2 aromatic carbocycles. The molecule has 1 saturated carbocycles. The first-order valence-corrected chi connectivity index (χ1v) is 12.0. The summed E-state index contributed by atoms with van der Waals surface area (Å²) in [4.78, 5) is 27.2. The molecule has 162 valence electrons. The molecule has 0 N–H and O–H groups in total. The van der Waals surface area contributed by atoms with Crippen molar-refractivity contribution in [2.75, 3.05) is 6.54 Å². The van der Waals surface area contributed by atoms with Crippen LogP contribution in [0.25, 0.3) is 6.08 Å². The summed E-state index contributed by atoms with van der Waals surface area (Å²) in [6.45, 7) is 0.836. The topological polar surface area (TPSA) is 46.6 Å². The van der Waals surface area contributed by atoms with E-state index in [9.17, 15) is 9.59 Å². The molecular weight excluding hydrogens is 453 g/mol. The number of thioether (sulfide) groups is 1.